The zero-order chi connectivity index (χ0) is 11.2. The van der Waals surface area contributed by atoms with Crippen LogP contribution in [0.1, 0.15) is 74.4 Å². The van der Waals surface area contributed by atoms with Crippen LogP contribution < -0.4 is 0 Å². The van der Waals surface area contributed by atoms with Crippen molar-refractivity contribution in [2.75, 3.05) is 0 Å². The van der Waals surface area contributed by atoms with E-state index in [4.69, 9.17) is 0 Å². The normalized spacial score (nSPS) is 21.3. The minimum atomic E-state index is 0.810. The molecule has 0 N–H and O–H groups in total. The van der Waals surface area contributed by atoms with Crippen molar-refractivity contribution in [2.24, 2.45) is 0 Å². The van der Waals surface area contributed by atoms with Gasteiger partial charge in [-0.15, -0.1) is 8.19 Å². The molecule has 1 heterocycles. The highest BCUT2D eigenvalue weighted by molar-refractivity contribution is 7.31. The Kier molecular flexibility index (Phi) is 4.91. The van der Waals surface area contributed by atoms with Crippen LogP contribution in [0.4, 0.5) is 0 Å². The van der Waals surface area contributed by atoms with Gasteiger partial charge in [0.1, 0.15) is 0 Å². The molecular formula is C14H24NP. The van der Waals surface area contributed by atoms with Crippen LogP contribution in [0.5, 0.6) is 0 Å². The van der Waals surface area contributed by atoms with E-state index in [1.807, 2.05) is 0 Å². The molecule has 0 radical (unpaired) electrons. The van der Waals surface area contributed by atoms with Crippen molar-refractivity contribution in [3.63, 3.8) is 0 Å². The molecule has 0 spiro atoms. The first-order valence-electron chi connectivity index (χ1n) is 6.88. The molecule has 90 valence electrons. The van der Waals surface area contributed by atoms with E-state index in [2.05, 4.69) is 18.1 Å². The third-order valence-corrected chi connectivity index (χ3v) is 5.03. The van der Waals surface area contributed by atoms with E-state index in [0.717, 1.165) is 14.1 Å². The Morgan fingerprint density at radius 3 is 2.06 bits per heavy atom. The molecule has 1 unspecified atom stereocenters. The maximum absolute atomic E-state index is 4.63. The number of rotatable bonds is 1. The van der Waals surface area contributed by atoms with Gasteiger partial charge in [0.25, 0.3) is 0 Å². The average Bonchev–Trinajstić information content (AvgIpc) is 2.72. The zero-order valence-electron chi connectivity index (χ0n) is 10.5. The van der Waals surface area contributed by atoms with Gasteiger partial charge in [-0.25, -0.2) is 0 Å². The number of hydrogen-bond acceptors (Lipinski definition) is 1. The van der Waals surface area contributed by atoms with Crippen molar-refractivity contribution in [1.29, 1.82) is 0 Å². The fourth-order valence-corrected chi connectivity index (χ4v) is 3.88. The van der Waals surface area contributed by atoms with Crippen molar-refractivity contribution in [3.8, 4) is 0 Å². The van der Waals surface area contributed by atoms with Gasteiger partial charge in [0.15, 0.2) is 0 Å². The fraction of sp³-hybridized carbons (Fsp3) is 0.786. The second-order valence-corrected chi connectivity index (χ2v) is 6.75. The quantitative estimate of drug-likeness (QED) is 0.667. The minimum absolute atomic E-state index is 0.810. The summed E-state index contributed by atoms with van der Waals surface area (Å²) in [6.07, 6.45) is 15.0. The molecule has 2 rings (SSSR count). The maximum atomic E-state index is 4.63. The lowest BCUT2D eigenvalue weighted by Gasteiger charge is -2.16. The van der Waals surface area contributed by atoms with Crippen LogP contribution >= 0.6 is 8.19 Å². The molecular weight excluding hydrogens is 213 g/mol. The SMILES string of the molecule is Cc1cnc(C2CCCCCCCCC2)[pH]1. The highest BCUT2D eigenvalue weighted by Crippen LogP contribution is 2.34. The number of hydrogen-bond donors (Lipinski definition) is 0. The molecule has 0 amide bonds. The summed E-state index contributed by atoms with van der Waals surface area (Å²) in [7, 11) is 0.906. The summed E-state index contributed by atoms with van der Waals surface area (Å²) >= 11 is 0. The summed E-state index contributed by atoms with van der Waals surface area (Å²) < 4.78 is 0. The van der Waals surface area contributed by atoms with Crippen molar-refractivity contribution in [2.45, 2.75) is 70.6 Å². The van der Waals surface area contributed by atoms with E-state index in [0.29, 0.717) is 0 Å². The molecule has 0 aliphatic heterocycles. The van der Waals surface area contributed by atoms with Gasteiger partial charge in [0.2, 0.25) is 0 Å². The predicted molar refractivity (Wildman–Crippen MR) is 72.8 cm³/mol. The lowest BCUT2D eigenvalue weighted by Crippen LogP contribution is -2.00. The Labute approximate surface area is 101 Å². The predicted octanol–water partition coefficient (Wildman–Crippen LogP) is 5.03. The van der Waals surface area contributed by atoms with Crippen molar-refractivity contribution >= 4 is 8.19 Å². The Morgan fingerprint density at radius 2 is 1.56 bits per heavy atom. The highest BCUT2D eigenvalue weighted by Gasteiger charge is 2.14. The Bertz CT molecular complexity index is 295. The molecule has 0 aromatic carbocycles. The first-order chi connectivity index (χ1) is 7.86. The number of aromatic nitrogens is 1. The first-order valence-corrected chi connectivity index (χ1v) is 7.88. The average molecular weight is 237 g/mol. The van der Waals surface area contributed by atoms with Gasteiger partial charge in [-0.3, -0.25) is 4.98 Å². The summed E-state index contributed by atoms with van der Waals surface area (Å²) in [5, 5.41) is 1.48. The fourth-order valence-electron chi connectivity index (χ4n) is 2.72. The highest BCUT2D eigenvalue weighted by atomic mass is 31.0. The standard InChI is InChI=1S/C14H24NP/c1-12-11-15-14(16-12)13-9-7-5-3-2-4-6-8-10-13/h11,13,16H,2-10H2,1H3. The van der Waals surface area contributed by atoms with Gasteiger partial charge in [0.05, 0.1) is 5.43 Å². The van der Waals surface area contributed by atoms with Gasteiger partial charge in [-0.2, -0.15) is 0 Å². The second-order valence-electron chi connectivity index (χ2n) is 5.20. The van der Waals surface area contributed by atoms with Crippen molar-refractivity contribution in [3.05, 3.63) is 16.9 Å². The molecule has 1 fully saturated rings. The number of aryl methyl sites for hydroxylation is 1. The Balaban J connectivity index is 1.94. The minimum Gasteiger partial charge on any atom is -0.256 e. The molecule has 1 aliphatic rings. The molecule has 16 heavy (non-hydrogen) atoms. The number of nitrogens with zero attached hydrogens (tertiary/aromatic N) is 1. The largest absolute Gasteiger partial charge is 0.256 e. The molecule has 0 bridgehead atoms. The van der Waals surface area contributed by atoms with Gasteiger partial charge in [0, 0.05) is 12.1 Å². The van der Waals surface area contributed by atoms with Crippen LogP contribution in [-0.4, -0.2) is 4.98 Å². The maximum Gasteiger partial charge on any atom is 0.0595 e. The second kappa shape index (κ2) is 6.45. The van der Waals surface area contributed by atoms with Crippen LogP contribution in [0.15, 0.2) is 6.20 Å². The van der Waals surface area contributed by atoms with Crippen LogP contribution in [0, 0.1) is 6.92 Å². The van der Waals surface area contributed by atoms with E-state index in [9.17, 15) is 0 Å². The van der Waals surface area contributed by atoms with Crippen molar-refractivity contribution < 1.29 is 0 Å². The smallest absolute Gasteiger partial charge is 0.0595 e. The van der Waals surface area contributed by atoms with Gasteiger partial charge >= 0.3 is 0 Å². The van der Waals surface area contributed by atoms with Crippen LogP contribution in [0.25, 0.3) is 0 Å². The van der Waals surface area contributed by atoms with E-state index < -0.39 is 0 Å². The molecule has 2 heteroatoms. The third-order valence-electron chi connectivity index (χ3n) is 3.71. The molecule has 1 aliphatic carbocycles. The first kappa shape index (κ1) is 12.2. The van der Waals surface area contributed by atoms with E-state index in [1.54, 1.807) is 0 Å². The third kappa shape index (κ3) is 3.63. The van der Waals surface area contributed by atoms with Crippen LogP contribution in [-0.2, 0) is 0 Å². The molecule has 0 saturated heterocycles. The molecule has 1 saturated carbocycles. The molecule has 1 atom stereocenters. The van der Waals surface area contributed by atoms with Gasteiger partial charge in [-0.1, -0.05) is 44.9 Å². The van der Waals surface area contributed by atoms with Crippen molar-refractivity contribution in [1.82, 2.24) is 4.98 Å². The lowest BCUT2D eigenvalue weighted by molar-refractivity contribution is 0.462. The molecule has 1 nitrogen and oxygen atoms in total. The van der Waals surface area contributed by atoms with Gasteiger partial charge in [-0.05, 0) is 25.1 Å². The Morgan fingerprint density at radius 1 is 1.00 bits per heavy atom. The lowest BCUT2D eigenvalue weighted by atomic mass is 9.93. The molecule has 1 aromatic heterocycles. The summed E-state index contributed by atoms with van der Waals surface area (Å²) in [5.41, 5.74) is 1.51. The summed E-state index contributed by atoms with van der Waals surface area (Å²) in [6.45, 7) is 2.22. The summed E-state index contributed by atoms with van der Waals surface area (Å²) in [4.78, 5) is 4.63. The van der Waals surface area contributed by atoms with E-state index >= 15 is 0 Å². The molecule has 1 aromatic rings. The van der Waals surface area contributed by atoms with Crippen LogP contribution in [0.3, 0.4) is 0 Å². The summed E-state index contributed by atoms with van der Waals surface area (Å²) in [6, 6.07) is 0. The van der Waals surface area contributed by atoms with E-state index in [-0.39, 0.29) is 0 Å². The monoisotopic (exact) mass is 237 g/mol. The zero-order valence-corrected chi connectivity index (χ0v) is 11.5. The van der Waals surface area contributed by atoms with Gasteiger partial charge < -0.3 is 0 Å². The Hall–Kier alpha value is -0.290. The van der Waals surface area contributed by atoms with E-state index in [1.165, 1.54) is 68.5 Å². The summed E-state index contributed by atoms with van der Waals surface area (Å²) in [5.74, 6) is 0.810. The topological polar surface area (TPSA) is 12.9 Å². The van der Waals surface area contributed by atoms with Crippen LogP contribution in [0.2, 0.25) is 0 Å².